The van der Waals surface area contributed by atoms with E-state index in [1.165, 1.54) is 49.0 Å². The molecule has 1 saturated carbocycles. The summed E-state index contributed by atoms with van der Waals surface area (Å²) in [6, 6.07) is 10.7. The summed E-state index contributed by atoms with van der Waals surface area (Å²) >= 11 is 1.36. The van der Waals surface area contributed by atoms with Crippen LogP contribution in [0.2, 0.25) is 0 Å². The Bertz CT molecular complexity index is 884. The zero-order valence-corrected chi connectivity index (χ0v) is 17.9. The minimum Gasteiger partial charge on any atom is -0.456 e. The van der Waals surface area contributed by atoms with E-state index >= 15 is 0 Å². The number of carbonyl (C=O) groups excluding carboxylic acids is 3. The van der Waals surface area contributed by atoms with Gasteiger partial charge in [-0.2, -0.15) is 0 Å². The van der Waals surface area contributed by atoms with Crippen LogP contribution in [0.5, 0.6) is 0 Å². The Hall–Kier alpha value is -2.47. The van der Waals surface area contributed by atoms with Crippen molar-refractivity contribution >= 4 is 29.0 Å². The minimum atomic E-state index is -0.610. The molecule has 0 N–H and O–H groups in total. The predicted molar refractivity (Wildman–Crippen MR) is 116 cm³/mol. The third-order valence-electron chi connectivity index (χ3n) is 6.17. The van der Waals surface area contributed by atoms with E-state index in [-0.39, 0.29) is 18.3 Å². The molecule has 5 nitrogen and oxygen atoms in total. The molecule has 6 heteroatoms. The molecule has 2 fully saturated rings. The number of nitrogens with zero attached hydrogens (tertiary/aromatic N) is 1. The first-order chi connectivity index (χ1) is 14.6. The number of benzene rings is 1. The van der Waals surface area contributed by atoms with E-state index in [1.807, 2.05) is 35.7 Å². The normalized spacial score (nSPS) is 19.6. The fourth-order valence-electron chi connectivity index (χ4n) is 4.49. The topological polar surface area (TPSA) is 63.7 Å². The van der Waals surface area contributed by atoms with Crippen molar-refractivity contribution in [3.8, 4) is 0 Å². The lowest BCUT2D eigenvalue weighted by Crippen LogP contribution is -2.41. The Morgan fingerprint density at radius 3 is 2.43 bits per heavy atom. The summed E-state index contributed by atoms with van der Waals surface area (Å²) in [7, 11) is 0. The van der Waals surface area contributed by atoms with Crippen LogP contribution >= 0.6 is 11.3 Å². The molecular weight excluding hydrogens is 398 g/mol. The third kappa shape index (κ3) is 4.64. The second kappa shape index (κ2) is 9.56. The fraction of sp³-hybridized carbons (Fsp3) is 0.458. The van der Waals surface area contributed by atoms with Gasteiger partial charge in [-0.3, -0.25) is 9.59 Å². The van der Waals surface area contributed by atoms with E-state index in [2.05, 4.69) is 0 Å². The van der Waals surface area contributed by atoms with E-state index < -0.39 is 12.0 Å². The number of thiophene rings is 1. The van der Waals surface area contributed by atoms with Gasteiger partial charge in [-0.25, -0.2) is 4.79 Å². The zero-order valence-electron chi connectivity index (χ0n) is 17.0. The summed E-state index contributed by atoms with van der Waals surface area (Å²) in [5.41, 5.74) is 1.84. The van der Waals surface area contributed by atoms with Gasteiger partial charge in [0.2, 0.25) is 0 Å². The number of hydrogen-bond acceptors (Lipinski definition) is 5. The van der Waals surface area contributed by atoms with Crippen LogP contribution in [0.25, 0.3) is 0 Å². The van der Waals surface area contributed by atoms with Gasteiger partial charge in [0.15, 0.2) is 12.4 Å². The average Bonchev–Trinajstić information content (AvgIpc) is 3.50. The van der Waals surface area contributed by atoms with Gasteiger partial charge in [-0.15, -0.1) is 11.3 Å². The maximum atomic E-state index is 12.6. The Labute approximate surface area is 181 Å². The number of Topliss-reactive ketones (excluding diaryl/α,β-unsaturated/α-hetero) is 1. The smallest absolute Gasteiger partial charge is 0.329 e. The van der Waals surface area contributed by atoms with Crippen LogP contribution in [0.4, 0.5) is 0 Å². The Morgan fingerprint density at radius 2 is 1.73 bits per heavy atom. The summed E-state index contributed by atoms with van der Waals surface area (Å²) in [6.07, 6.45) is 7.62. The van der Waals surface area contributed by atoms with Crippen molar-refractivity contribution in [2.75, 3.05) is 13.2 Å². The van der Waals surface area contributed by atoms with E-state index in [1.54, 1.807) is 11.0 Å². The van der Waals surface area contributed by atoms with Crippen LogP contribution in [-0.4, -0.2) is 41.8 Å². The van der Waals surface area contributed by atoms with E-state index in [4.69, 9.17) is 4.74 Å². The SMILES string of the molecule is O=C(COC(=O)[C@@H]1CCCN1C(=O)c1cccs1)c1ccc(C2CCCCC2)cc1. The Balaban J connectivity index is 1.32. The molecule has 1 aromatic heterocycles. The molecule has 4 rings (SSSR count). The van der Waals surface area contributed by atoms with E-state index in [0.717, 1.165) is 6.42 Å². The Morgan fingerprint density at radius 1 is 0.967 bits per heavy atom. The number of carbonyl (C=O) groups is 3. The second-order valence-corrected chi connectivity index (χ2v) is 9.07. The molecular formula is C24H27NO4S. The molecule has 2 aliphatic rings. The van der Waals surface area contributed by atoms with Gasteiger partial charge in [0.05, 0.1) is 4.88 Å². The summed E-state index contributed by atoms with van der Waals surface area (Å²) in [6.45, 7) is 0.242. The number of ether oxygens (including phenoxy) is 1. The predicted octanol–water partition coefficient (Wildman–Crippen LogP) is 4.83. The molecule has 2 heterocycles. The number of hydrogen-bond donors (Lipinski definition) is 0. The van der Waals surface area contributed by atoms with Crippen LogP contribution in [0.1, 0.15) is 76.5 Å². The summed E-state index contributed by atoms with van der Waals surface area (Å²) < 4.78 is 5.31. The molecule has 1 aromatic carbocycles. The van der Waals surface area contributed by atoms with Crippen molar-refractivity contribution in [1.29, 1.82) is 0 Å². The molecule has 1 saturated heterocycles. The number of likely N-dealkylation sites (tertiary alicyclic amines) is 1. The standard InChI is InChI=1S/C24H27NO4S/c26-21(19-12-10-18(11-13-19)17-6-2-1-3-7-17)16-29-24(28)20-8-4-14-25(20)23(27)22-9-5-15-30-22/h5,9-13,15,17,20H,1-4,6-8,14,16H2/t20-/m0/s1. The van der Waals surface area contributed by atoms with Gasteiger partial charge < -0.3 is 9.64 Å². The van der Waals surface area contributed by atoms with Crippen molar-refractivity contribution < 1.29 is 19.1 Å². The van der Waals surface area contributed by atoms with Gasteiger partial charge in [-0.05, 0) is 48.6 Å². The molecule has 2 aromatic rings. The van der Waals surface area contributed by atoms with E-state index in [0.29, 0.717) is 29.3 Å². The van der Waals surface area contributed by atoms with Crippen molar-refractivity contribution in [3.05, 3.63) is 57.8 Å². The third-order valence-corrected chi connectivity index (χ3v) is 7.03. The highest BCUT2D eigenvalue weighted by Crippen LogP contribution is 2.32. The molecule has 0 radical (unpaired) electrons. The average molecular weight is 426 g/mol. The fourth-order valence-corrected chi connectivity index (χ4v) is 5.17. The van der Waals surface area contributed by atoms with Crippen molar-refractivity contribution in [2.24, 2.45) is 0 Å². The van der Waals surface area contributed by atoms with E-state index in [9.17, 15) is 14.4 Å². The first-order valence-corrected chi connectivity index (χ1v) is 11.7. The largest absolute Gasteiger partial charge is 0.456 e. The molecule has 0 spiro atoms. The maximum Gasteiger partial charge on any atom is 0.329 e. The molecule has 1 amide bonds. The van der Waals surface area contributed by atoms with Gasteiger partial charge in [0.25, 0.3) is 5.91 Å². The quantitative estimate of drug-likeness (QED) is 0.491. The van der Waals surface area contributed by atoms with Gasteiger partial charge in [-0.1, -0.05) is 49.6 Å². The van der Waals surface area contributed by atoms with Crippen molar-refractivity contribution in [2.45, 2.75) is 56.9 Å². The van der Waals surface area contributed by atoms with Crippen LogP contribution in [-0.2, 0) is 9.53 Å². The lowest BCUT2D eigenvalue weighted by molar-refractivity contribution is -0.147. The molecule has 30 heavy (non-hydrogen) atoms. The highest BCUT2D eigenvalue weighted by Gasteiger charge is 2.36. The first kappa shape index (κ1) is 20.8. The zero-order chi connectivity index (χ0) is 20.9. The molecule has 0 unspecified atom stereocenters. The van der Waals surface area contributed by atoms with Gasteiger partial charge in [0, 0.05) is 12.1 Å². The number of rotatable bonds is 6. The lowest BCUT2D eigenvalue weighted by atomic mass is 9.84. The summed E-state index contributed by atoms with van der Waals surface area (Å²) in [5, 5.41) is 1.84. The highest BCUT2D eigenvalue weighted by atomic mass is 32.1. The monoisotopic (exact) mass is 425 g/mol. The molecule has 1 atom stereocenters. The lowest BCUT2D eigenvalue weighted by Gasteiger charge is -2.22. The van der Waals surface area contributed by atoms with Crippen LogP contribution in [0.3, 0.4) is 0 Å². The van der Waals surface area contributed by atoms with Crippen LogP contribution in [0.15, 0.2) is 41.8 Å². The molecule has 1 aliphatic carbocycles. The highest BCUT2D eigenvalue weighted by molar-refractivity contribution is 7.12. The first-order valence-electron chi connectivity index (χ1n) is 10.8. The van der Waals surface area contributed by atoms with Gasteiger partial charge >= 0.3 is 5.97 Å². The second-order valence-electron chi connectivity index (χ2n) is 8.12. The molecule has 0 bridgehead atoms. The van der Waals surface area contributed by atoms with Gasteiger partial charge in [0.1, 0.15) is 6.04 Å². The van der Waals surface area contributed by atoms with Crippen LogP contribution < -0.4 is 0 Å². The maximum absolute atomic E-state index is 12.6. The molecule has 158 valence electrons. The van der Waals surface area contributed by atoms with Crippen molar-refractivity contribution in [3.63, 3.8) is 0 Å². The summed E-state index contributed by atoms with van der Waals surface area (Å²) in [5.74, 6) is -0.263. The molecule has 1 aliphatic heterocycles. The van der Waals surface area contributed by atoms with Crippen LogP contribution in [0, 0.1) is 0 Å². The minimum absolute atomic E-state index is 0.144. The van der Waals surface area contributed by atoms with Crippen molar-refractivity contribution in [1.82, 2.24) is 4.90 Å². The Kier molecular flexibility index (Phi) is 6.62. The number of ketones is 1. The summed E-state index contributed by atoms with van der Waals surface area (Å²) in [4.78, 5) is 39.8. The number of esters is 1. The number of amides is 1.